The van der Waals surface area contributed by atoms with E-state index in [2.05, 4.69) is 20.4 Å². The van der Waals surface area contributed by atoms with Gasteiger partial charge in [-0.05, 0) is 13.0 Å². The van der Waals surface area contributed by atoms with Crippen LogP contribution >= 0.6 is 0 Å². The summed E-state index contributed by atoms with van der Waals surface area (Å²) >= 11 is 0. The van der Waals surface area contributed by atoms with Gasteiger partial charge >= 0.3 is 0 Å². The topological polar surface area (TPSA) is 77.2 Å². The number of carbonyl (C=O) groups excluding carboxylic acids is 1. The molecule has 1 N–H and O–H groups in total. The highest BCUT2D eigenvalue weighted by Crippen LogP contribution is 2.10. The zero-order valence-electron chi connectivity index (χ0n) is 13.5. The predicted octanol–water partition coefficient (Wildman–Crippen LogP) is 0.265. The molecule has 2 aromatic rings. The average Bonchev–Trinajstić information content (AvgIpc) is 3.09. The third kappa shape index (κ3) is 4.17. The number of hydrogen-bond acceptors (Lipinski definition) is 5. The van der Waals surface area contributed by atoms with Gasteiger partial charge in [0.05, 0.1) is 31.5 Å². The van der Waals surface area contributed by atoms with E-state index in [4.69, 9.17) is 4.74 Å². The van der Waals surface area contributed by atoms with Gasteiger partial charge in [-0.25, -0.2) is 0 Å². The summed E-state index contributed by atoms with van der Waals surface area (Å²) in [6, 6.07) is 3.75. The lowest BCUT2D eigenvalue weighted by atomic mass is 10.2. The molecule has 124 valence electrons. The molecule has 1 atom stereocenters. The molecule has 0 aromatic carbocycles. The lowest BCUT2D eigenvalue weighted by Gasteiger charge is -2.32. The van der Waals surface area contributed by atoms with Crippen LogP contribution in [0.2, 0.25) is 0 Å². The Morgan fingerprint density at radius 1 is 1.52 bits per heavy atom. The van der Waals surface area contributed by atoms with Gasteiger partial charge in [0.1, 0.15) is 5.82 Å². The van der Waals surface area contributed by atoms with Gasteiger partial charge in [-0.1, -0.05) is 0 Å². The maximum absolute atomic E-state index is 12.2. The second kappa shape index (κ2) is 6.93. The molecule has 0 bridgehead atoms. The molecule has 8 heteroatoms. The van der Waals surface area contributed by atoms with Crippen LogP contribution < -0.4 is 5.32 Å². The number of nitrogens with one attached hydrogen (secondary N) is 1. The number of rotatable bonds is 5. The lowest BCUT2D eigenvalue weighted by Crippen LogP contribution is -2.47. The van der Waals surface area contributed by atoms with E-state index in [9.17, 15) is 4.79 Å². The molecular formula is C15H22N6O2. The highest BCUT2D eigenvalue weighted by molar-refractivity contribution is 5.91. The van der Waals surface area contributed by atoms with Crippen LogP contribution in [0, 0.1) is 6.92 Å². The fourth-order valence-corrected chi connectivity index (χ4v) is 2.76. The molecule has 0 radical (unpaired) electrons. The van der Waals surface area contributed by atoms with E-state index < -0.39 is 0 Å². The quantitative estimate of drug-likeness (QED) is 0.856. The Bertz CT molecular complexity index is 651. The van der Waals surface area contributed by atoms with E-state index in [1.165, 1.54) is 0 Å². The van der Waals surface area contributed by atoms with Crippen LogP contribution in [0.4, 0.5) is 5.82 Å². The summed E-state index contributed by atoms with van der Waals surface area (Å²) in [5.41, 5.74) is 0.883. The normalized spacial score (nSPS) is 19.0. The fourth-order valence-electron chi connectivity index (χ4n) is 2.76. The molecule has 3 heterocycles. The molecule has 0 unspecified atom stereocenters. The minimum atomic E-state index is -0.0345. The fraction of sp³-hybridized carbons (Fsp3) is 0.533. The van der Waals surface area contributed by atoms with Crippen LogP contribution in [0.15, 0.2) is 24.5 Å². The first-order valence-corrected chi connectivity index (χ1v) is 7.72. The minimum Gasteiger partial charge on any atom is -0.374 e. The molecule has 1 aliphatic heterocycles. The summed E-state index contributed by atoms with van der Waals surface area (Å²) in [6.07, 6.45) is 3.72. The van der Waals surface area contributed by atoms with E-state index in [0.717, 1.165) is 18.8 Å². The predicted molar refractivity (Wildman–Crippen MR) is 85.0 cm³/mol. The molecule has 3 rings (SSSR count). The number of hydrogen-bond donors (Lipinski definition) is 1. The zero-order valence-corrected chi connectivity index (χ0v) is 13.5. The van der Waals surface area contributed by atoms with Crippen molar-refractivity contribution in [2.45, 2.75) is 19.6 Å². The largest absolute Gasteiger partial charge is 0.374 e. The Morgan fingerprint density at radius 3 is 3.09 bits per heavy atom. The SMILES string of the molecule is Cc1cc(NC(=O)CN2CCO[C@@H](Cn3cccn3)C2)n(C)n1. The number of anilines is 1. The Labute approximate surface area is 135 Å². The van der Waals surface area contributed by atoms with Crippen molar-refractivity contribution >= 4 is 11.7 Å². The first-order valence-electron chi connectivity index (χ1n) is 7.72. The number of aromatic nitrogens is 4. The van der Waals surface area contributed by atoms with Crippen LogP contribution in [-0.2, 0) is 23.1 Å². The average molecular weight is 318 g/mol. The number of aryl methyl sites for hydroxylation is 2. The number of amides is 1. The third-order valence-electron chi connectivity index (χ3n) is 3.81. The molecule has 0 spiro atoms. The van der Waals surface area contributed by atoms with Gasteiger partial charge in [-0.2, -0.15) is 10.2 Å². The molecule has 1 saturated heterocycles. The van der Waals surface area contributed by atoms with Crippen molar-refractivity contribution in [2.24, 2.45) is 7.05 Å². The minimum absolute atomic E-state index is 0.0345. The summed E-state index contributed by atoms with van der Waals surface area (Å²) in [4.78, 5) is 14.3. The van der Waals surface area contributed by atoms with Gasteiger partial charge in [-0.3, -0.25) is 19.1 Å². The molecule has 8 nitrogen and oxygen atoms in total. The van der Waals surface area contributed by atoms with Crippen molar-refractivity contribution in [1.29, 1.82) is 0 Å². The molecule has 0 saturated carbocycles. The van der Waals surface area contributed by atoms with E-state index in [0.29, 0.717) is 25.5 Å². The molecule has 0 aliphatic carbocycles. The highest BCUT2D eigenvalue weighted by atomic mass is 16.5. The third-order valence-corrected chi connectivity index (χ3v) is 3.81. The van der Waals surface area contributed by atoms with Gasteiger partial charge in [0, 0.05) is 38.6 Å². The molecular weight excluding hydrogens is 296 g/mol. The van der Waals surface area contributed by atoms with Crippen LogP contribution in [-0.4, -0.2) is 62.7 Å². The molecule has 1 fully saturated rings. The van der Waals surface area contributed by atoms with Crippen molar-refractivity contribution in [2.75, 3.05) is 31.6 Å². The molecule has 23 heavy (non-hydrogen) atoms. The molecule has 1 amide bonds. The van der Waals surface area contributed by atoms with Crippen molar-refractivity contribution in [1.82, 2.24) is 24.5 Å². The first-order chi connectivity index (χ1) is 11.1. The number of carbonyl (C=O) groups is 1. The number of ether oxygens (including phenoxy) is 1. The standard InChI is InChI=1S/C15H22N6O2/c1-12-8-14(19(2)18-12)17-15(22)11-20-6-7-23-13(9-20)10-21-5-3-4-16-21/h3-5,8,13H,6-7,9-11H2,1-2H3,(H,17,22)/t13-/m1/s1. The van der Waals surface area contributed by atoms with Crippen molar-refractivity contribution < 1.29 is 9.53 Å². The summed E-state index contributed by atoms with van der Waals surface area (Å²) in [7, 11) is 1.82. The van der Waals surface area contributed by atoms with Crippen LogP contribution in [0.3, 0.4) is 0 Å². The number of morpholine rings is 1. The zero-order chi connectivity index (χ0) is 16.2. The Kier molecular flexibility index (Phi) is 4.73. The smallest absolute Gasteiger partial charge is 0.239 e. The van der Waals surface area contributed by atoms with Gasteiger partial charge < -0.3 is 10.1 Å². The highest BCUT2D eigenvalue weighted by Gasteiger charge is 2.23. The Balaban J connectivity index is 1.50. The van der Waals surface area contributed by atoms with Gasteiger partial charge in [-0.15, -0.1) is 0 Å². The van der Waals surface area contributed by atoms with Crippen molar-refractivity contribution in [3.05, 3.63) is 30.2 Å². The van der Waals surface area contributed by atoms with Crippen LogP contribution in [0.5, 0.6) is 0 Å². The number of nitrogens with zero attached hydrogens (tertiary/aromatic N) is 5. The summed E-state index contributed by atoms with van der Waals surface area (Å²) < 4.78 is 9.28. The maximum Gasteiger partial charge on any atom is 0.239 e. The van der Waals surface area contributed by atoms with Gasteiger partial charge in [0.15, 0.2) is 0 Å². The Hall–Kier alpha value is -2.19. The Morgan fingerprint density at radius 2 is 2.39 bits per heavy atom. The van der Waals surface area contributed by atoms with Crippen molar-refractivity contribution in [3.63, 3.8) is 0 Å². The van der Waals surface area contributed by atoms with E-state index in [1.54, 1.807) is 10.9 Å². The summed E-state index contributed by atoms with van der Waals surface area (Å²) in [5.74, 6) is 0.682. The summed E-state index contributed by atoms with van der Waals surface area (Å²) in [6.45, 7) is 5.06. The second-order valence-corrected chi connectivity index (χ2v) is 5.80. The van der Waals surface area contributed by atoms with E-state index >= 15 is 0 Å². The van der Waals surface area contributed by atoms with E-state index in [-0.39, 0.29) is 12.0 Å². The first kappa shape index (κ1) is 15.7. The van der Waals surface area contributed by atoms with Crippen LogP contribution in [0.25, 0.3) is 0 Å². The molecule has 1 aliphatic rings. The van der Waals surface area contributed by atoms with E-state index in [1.807, 2.05) is 37.0 Å². The summed E-state index contributed by atoms with van der Waals surface area (Å²) in [5, 5.41) is 11.3. The second-order valence-electron chi connectivity index (χ2n) is 5.80. The maximum atomic E-state index is 12.2. The van der Waals surface area contributed by atoms with Gasteiger partial charge in [0.2, 0.25) is 5.91 Å². The van der Waals surface area contributed by atoms with Gasteiger partial charge in [0.25, 0.3) is 0 Å². The molecule has 2 aromatic heterocycles. The lowest BCUT2D eigenvalue weighted by molar-refractivity contribution is -0.119. The van der Waals surface area contributed by atoms with Crippen LogP contribution in [0.1, 0.15) is 5.69 Å². The van der Waals surface area contributed by atoms with Crippen molar-refractivity contribution in [3.8, 4) is 0 Å². The monoisotopic (exact) mass is 318 g/mol.